The van der Waals surface area contributed by atoms with Crippen LogP contribution >= 0.6 is 23.2 Å². The van der Waals surface area contributed by atoms with Crippen LogP contribution in [0.1, 0.15) is 16.8 Å². The summed E-state index contributed by atoms with van der Waals surface area (Å²) in [7, 11) is 1.50. The van der Waals surface area contributed by atoms with Crippen LogP contribution in [0.3, 0.4) is 0 Å². The first-order valence-corrected chi connectivity index (χ1v) is 7.93. The number of hydrogen-bond acceptors (Lipinski definition) is 3. The van der Waals surface area contributed by atoms with Gasteiger partial charge < -0.3 is 15.4 Å². The van der Waals surface area contributed by atoms with Crippen LogP contribution in [0.2, 0.25) is 10.0 Å². The second-order valence-electron chi connectivity index (χ2n) is 4.88. The topological polar surface area (TPSA) is 67.4 Å². The molecule has 0 heterocycles. The van der Waals surface area contributed by atoms with E-state index in [1.54, 1.807) is 42.5 Å². The minimum atomic E-state index is -0.301. The number of rotatable bonds is 6. The van der Waals surface area contributed by atoms with Crippen molar-refractivity contribution < 1.29 is 14.3 Å². The molecule has 2 aromatic rings. The van der Waals surface area contributed by atoms with Crippen molar-refractivity contribution >= 4 is 40.7 Å². The Hall–Kier alpha value is -2.24. The first-order chi connectivity index (χ1) is 11.5. The molecule has 2 aromatic carbocycles. The number of ether oxygens (including phenoxy) is 1. The highest BCUT2D eigenvalue weighted by atomic mass is 35.5. The average molecular weight is 367 g/mol. The molecule has 0 aliphatic carbocycles. The van der Waals surface area contributed by atoms with Gasteiger partial charge in [-0.1, -0.05) is 35.3 Å². The predicted molar refractivity (Wildman–Crippen MR) is 95.0 cm³/mol. The second kappa shape index (κ2) is 8.57. The third-order valence-electron chi connectivity index (χ3n) is 3.19. The van der Waals surface area contributed by atoms with Crippen molar-refractivity contribution in [1.82, 2.24) is 5.32 Å². The summed E-state index contributed by atoms with van der Waals surface area (Å²) in [6.07, 6.45) is 0.111. The molecule has 2 N–H and O–H groups in total. The van der Waals surface area contributed by atoms with E-state index in [-0.39, 0.29) is 24.8 Å². The van der Waals surface area contributed by atoms with E-state index >= 15 is 0 Å². The van der Waals surface area contributed by atoms with Crippen LogP contribution < -0.4 is 15.4 Å². The van der Waals surface area contributed by atoms with Crippen molar-refractivity contribution in [3.63, 3.8) is 0 Å². The summed E-state index contributed by atoms with van der Waals surface area (Å²) < 4.78 is 5.13. The molecular formula is C17H16Cl2N2O3. The molecule has 0 atom stereocenters. The lowest BCUT2D eigenvalue weighted by Crippen LogP contribution is -2.28. The van der Waals surface area contributed by atoms with Gasteiger partial charge in [-0.05, 0) is 30.3 Å². The fourth-order valence-corrected chi connectivity index (χ4v) is 2.48. The van der Waals surface area contributed by atoms with E-state index in [1.807, 2.05) is 0 Å². The maximum Gasteiger partial charge on any atom is 0.255 e. The molecule has 0 fully saturated rings. The molecular weight excluding hydrogens is 351 g/mol. The average Bonchev–Trinajstić information content (AvgIpc) is 2.57. The number of carbonyl (C=O) groups is 2. The van der Waals surface area contributed by atoms with Crippen LogP contribution in [-0.2, 0) is 4.79 Å². The van der Waals surface area contributed by atoms with Crippen LogP contribution in [0.5, 0.6) is 5.75 Å². The highest BCUT2D eigenvalue weighted by molar-refractivity contribution is 6.36. The van der Waals surface area contributed by atoms with Gasteiger partial charge in [0, 0.05) is 18.0 Å². The first-order valence-electron chi connectivity index (χ1n) is 7.17. The Morgan fingerprint density at radius 1 is 1.12 bits per heavy atom. The maximum atomic E-state index is 12.1. The lowest BCUT2D eigenvalue weighted by molar-refractivity contribution is -0.116. The summed E-state index contributed by atoms with van der Waals surface area (Å²) in [5, 5.41) is 6.19. The zero-order valence-electron chi connectivity index (χ0n) is 12.9. The summed E-state index contributed by atoms with van der Waals surface area (Å²) in [4.78, 5) is 24.0. The molecule has 0 radical (unpaired) electrons. The quantitative estimate of drug-likeness (QED) is 0.817. The Kier molecular flexibility index (Phi) is 6.46. The van der Waals surface area contributed by atoms with Crippen molar-refractivity contribution in [2.24, 2.45) is 0 Å². The maximum absolute atomic E-state index is 12.1. The van der Waals surface area contributed by atoms with Crippen molar-refractivity contribution in [3.8, 4) is 5.75 Å². The summed E-state index contributed by atoms with van der Waals surface area (Å²) in [5.74, 6) is -0.0864. The third-order valence-corrected chi connectivity index (χ3v) is 3.74. The van der Waals surface area contributed by atoms with E-state index in [1.165, 1.54) is 7.11 Å². The van der Waals surface area contributed by atoms with Crippen LogP contribution in [0.15, 0.2) is 42.5 Å². The van der Waals surface area contributed by atoms with Gasteiger partial charge in [0.2, 0.25) is 5.91 Å². The Labute approximate surface area is 149 Å². The molecule has 0 aliphatic heterocycles. The number of halogens is 2. The van der Waals surface area contributed by atoms with Gasteiger partial charge in [-0.2, -0.15) is 0 Å². The number of para-hydroxylation sites is 1. The second-order valence-corrected chi connectivity index (χ2v) is 5.72. The smallest absolute Gasteiger partial charge is 0.255 e. The van der Waals surface area contributed by atoms with E-state index in [0.29, 0.717) is 27.0 Å². The first kappa shape index (κ1) is 18.1. The number of amides is 2. The monoisotopic (exact) mass is 366 g/mol. The van der Waals surface area contributed by atoms with E-state index in [9.17, 15) is 9.59 Å². The number of benzene rings is 2. The van der Waals surface area contributed by atoms with Gasteiger partial charge in [0.15, 0.2) is 0 Å². The zero-order chi connectivity index (χ0) is 17.5. The van der Waals surface area contributed by atoms with Crippen molar-refractivity contribution in [2.75, 3.05) is 19.0 Å². The van der Waals surface area contributed by atoms with Crippen LogP contribution in [0.25, 0.3) is 0 Å². The Balaban J connectivity index is 1.85. The van der Waals surface area contributed by atoms with Gasteiger partial charge in [-0.25, -0.2) is 0 Å². The van der Waals surface area contributed by atoms with Crippen LogP contribution in [0, 0.1) is 0 Å². The molecule has 0 saturated heterocycles. The standard InChI is InChI=1S/C17H16Cl2N2O3/c1-24-15-5-3-2-4-12(15)17(23)20-9-8-16(22)21-14-7-6-11(18)10-13(14)19/h2-7,10H,8-9H2,1H3,(H,20,23)(H,21,22). The van der Waals surface area contributed by atoms with E-state index < -0.39 is 0 Å². The lowest BCUT2D eigenvalue weighted by Gasteiger charge is -2.10. The van der Waals surface area contributed by atoms with E-state index in [0.717, 1.165) is 0 Å². The minimum absolute atomic E-state index is 0.111. The summed E-state index contributed by atoms with van der Waals surface area (Å²) in [6.45, 7) is 0.188. The molecule has 7 heteroatoms. The van der Waals surface area contributed by atoms with Gasteiger partial charge >= 0.3 is 0 Å². The number of nitrogens with one attached hydrogen (secondary N) is 2. The molecule has 2 rings (SSSR count). The lowest BCUT2D eigenvalue weighted by atomic mass is 10.2. The van der Waals surface area contributed by atoms with Gasteiger partial charge in [-0.3, -0.25) is 9.59 Å². The van der Waals surface area contributed by atoms with E-state index in [4.69, 9.17) is 27.9 Å². The highest BCUT2D eigenvalue weighted by Gasteiger charge is 2.12. The Morgan fingerprint density at radius 2 is 1.88 bits per heavy atom. The van der Waals surface area contributed by atoms with Crippen LogP contribution in [-0.4, -0.2) is 25.5 Å². The fourth-order valence-electron chi connectivity index (χ4n) is 2.02. The van der Waals surface area contributed by atoms with Crippen molar-refractivity contribution in [2.45, 2.75) is 6.42 Å². The molecule has 126 valence electrons. The molecule has 0 aromatic heterocycles. The van der Waals surface area contributed by atoms with Gasteiger partial charge in [0.05, 0.1) is 23.4 Å². The molecule has 0 aliphatic rings. The van der Waals surface area contributed by atoms with Gasteiger partial charge in [0.1, 0.15) is 5.75 Å². The number of anilines is 1. The van der Waals surface area contributed by atoms with E-state index in [2.05, 4.69) is 10.6 Å². The molecule has 0 bridgehead atoms. The molecule has 0 spiro atoms. The van der Waals surface area contributed by atoms with Gasteiger partial charge in [0.25, 0.3) is 5.91 Å². The summed E-state index contributed by atoms with van der Waals surface area (Å²) in [5.41, 5.74) is 0.892. The SMILES string of the molecule is COc1ccccc1C(=O)NCCC(=O)Nc1ccc(Cl)cc1Cl. The molecule has 24 heavy (non-hydrogen) atoms. The van der Waals surface area contributed by atoms with Gasteiger partial charge in [-0.15, -0.1) is 0 Å². The Bertz CT molecular complexity index is 750. The Morgan fingerprint density at radius 3 is 2.58 bits per heavy atom. The fraction of sp³-hybridized carbons (Fsp3) is 0.176. The minimum Gasteiger partial charge on any atom is -0.496 e. The molecule has 5 nitrogen and oxygen atoms in total. The zero-order valence-corrected chi connectivity index (χ0v) is 14.4. The molecule has 0 unspecified atom stereocenters. The van der Waals surface area contributed by atoms with Crippen molar-refractivity contribution in [3.05, 3.63) is 58.1 Å². The summed E-state index contributed by atoms with van der Waals surface area (Å²) >= 11 is 11.8. The van der Waals surface area contributed by atoms with Crippen LogP contribution in [0.4, 0.5) is 5.69 Å². The number of carbonyl (C=O) groups excluding carboxylic acids is 2. The number of methoxy groups -OCH3 is 1. The normalized spacial score (nSPS) is 10.1. The predicted octanol–water partition coefficient (Wildman–Crippen LogP) is 3.76. The third kappa shape index (κ3) is 4.88. The molecule has 0 saturated carbocycles. The van der Waals surface area contributed by atoms with Crippen molar-refractivity contribution in [1.29, 1.82) is 0 Å². The molecule has 2 amide bonds. The largest absolute Gasteiger partial charge is 0.496 e. The highest BCUT2D eigenvalue weighted by Crippen LogP contribution is 2.25. The number of hydrogen-bond donors (Lipinski definition) is 2. The summed E-state index contributed by atoms with van der Waals surface area (Å²) in [6, 6.07) is 11.7.